The summed E-state index contributed by atoms with van der Waals surface area (Å²) in [6, 6.07) is 14.0. The van der Waals surface area contributed by atoms with Gasteiger partial charge in [-0.3, -0.25) is 0 Å². The fourth-order valence-electron chi connectivity index (χ4n) is 3.05. The Morgan fingerprint density at radius 1 is 1.03 bits per heavy atom. The van der Waals surface area contributed by atoms with Crippen molar-refractivity contribution in [3.8, 4) is 11.1 Å². The van der Waals surface area contributed by atoms with Crippen LogP contribution in [-0.4, -0.2) is 17.0 Å². The zero-order chi connectivity index (χ0) is 22.9. The molecule has 0 aliphatic carbocycles. The Morgan fingerprint density at radius 2 is 1.84 bits per heavy atom. The summed E-state index contributed by atoms with van der Waals surface area (Å²) in [7, 11) is 1.72. The van der Waals surface area contributed by atoms with Gasteiger partial charge in [0.05, 0.1) is 16.8 Å². The number of alkyl halides is 3. The largest absolute Gasteiger partial charge is 0.417 e. The molecule has 10 heteroatoms. The molecule has 0 atom stereocenters. The second-order valence-corrected chi connectivity index (χ2v) is 8.46. The molecule has 0 unspecified atom stereocenters. The molecule has 4 aromatic rings. The van der Waals surface area contributed by atoms with Gasteiger partial charge in [0, 0.05) is 33.6 Å². The second kappa shape index (κ2) is 8.95. The number of anilines is 2. The van der Waals surface area contributed by atoms with Crippen LogP contribution in [0.4, 0.5) is 29.2 Å². The third-order valence-electron chi connectivity index (χ3n) is 4.64. The molecule has 2 N–H and O–H groups in total. The molecule has 0 radical (unpaired) electrons. The lowest BCUT2D eigenvalue weighted by Crippen LogP contribution is -2.06. The Hall–Kier alpha value is -2.85. The van der Waals surface area contributed by atoms with E-state index in [0.717, 1.165) is 23.4 Å². The molecule has 0 saturated heterocycles. The van der Waals surface area contributed by atoms with Crippen LogP contribution in [0.25, 0.3) is 22.0 Å². The quantitative estimate of drug-likeness (QED) is 0.211. The van der Waals surface area contributed by atoms with Crippen molar-refractivity contribution in [1.82, 2.24) is 9.97 Å². The zero-order valence-corrected chi connectivity index (χ0v) is 18.9. The first-order valence-electron chi connectivity index (χ1n) is 9.29. The van der Waals surface area contributed by atoms with E-state index in [1.807, 2.05) is 0 Å². The van der Waals surface area contributed by atoms with Crippen LogP contribution < -0.4 is 10.0 Å². The Balaban J connectivity index is 1.60. The third-order valence-corrected chi connectivity index (χ3v) is 6.14. The molecule has 0 aliphatic rings. The number of hydrogen-bond acceptors (Lipinski definition) is 5. The van der Waals surface area contributed by atoms with Gasteiger partial charge >= 0.3 is 6.18 Å². The van der Waals surface area contributed by atoms with Gasteiger partial charge in [0.2, 0.25) is 5.95 Å². The number of benzene rings is 3. The van der Waals surface area contributed by atoms with Gasteiger partial charge in [-0.05, 0) is 53.9 Å². The van der Waals surface area contributed by atoms with Crippen molar-refractivity contribution < 1.29 is 17.6 Å². The summed E-state index contributed by atoms with van der Waals surface area (Å²) < 4.78 is 57.3. The van der Waals surface area contributed by atoms with E-state index < -0.39 is 17.6 Å². The molecule has 0 spiro atoms. The number of rotatable bonds is 5. The predicted molar refractivity (Wildman–Crippen MR) is 123 cm³/mol. The highest BCUT2D eigenvalue weighted by molar-refractivity contribution is 9.10. The topological polar surface area (TPSA) is 49.8 Å². The number of nitrogens with zero attached hydrogens (tertiary/aromatic N) is 2. The van der Waals surface area contributed by atoms with Crippen LogP contribution >= 0.6 is 27.9 Å². The van der Waals surface area contributed by atoms with Crippen LogP contribution in [0.2, 0.25) is 0 Å². The van der Waals surface area contributed by atoms with E-state index in [0.29, 0.717) is 27.5 Å². The Bertz CT molecular complexity index is 1300. The second-order valence-electron chi connectivity index (χ2n) is 6.73. The minimum Gasteiger partial charge on any atom is -0.357 e. The highest BCUT2D eigenvalue weighted by Gasteiger charge is 2.33. The molecule has 0 amide bonds. The summed E-state index contributed by atoms with van der Waals surface area (Å²) in [5.41, 5.74) is 1.06. The highest BCUT2D eigenvalue weighted by atomic mass is 79.9. The zero-order valence-electron chi connectivity index (χ0n) is 16.5. The summed E-state index contributed by atoms with van der Waals surface area (Å²) in [4.78, 5) is 8.82. The van der Waals surface area contributed by atoms with E-state index in [9.17, 15) is 13.2 Å². The Morgan fingerprint density at radius 3 is 2.59 bits per heavy atom. The summed E-state index contributed by atoms with van der Waals surface area (Å²) in [5.74, 6) is -0.0263. The lowest BCUT2D eigenvalue weighted by atomic mass is 10.0. The molecule has 0 fully saturated rings. The average molecular weight is 523 g/mol. The molecule has 4 nitrogen and oxygen atoms in total. The minimum atomic E-state index is -4.49. The van der Waals surface area contributed by atoms with Gasteiger partial charge in [-0.25, -0.2) is 14.4 Å². The molecule has 164 valence electrons. The van der Waals surface area contributed by atoms with Crippen LogP contribution in [0.1, 0.15) is 5.56 Å². The van der Waals surface area contributed by atoms with Gasteiger partial charge in [0.1, 0.15) is 0 Å². The van der Waals surface area contributed by atoms with Gasteiger partial charge < -0.3 is 10.0 Å². The number of halogens is 5. The van der Waals surface area contributed by atoms with Gasteiger partial charge in [-0.1, -0.05) is 34.1 Å². The Labute approximate surface area is 193 Å². The van der Waals surface area contributed by atoms with Crippen LogP contribution in [-0.2, 0) is 6.18 Å². The standard InChI is InChI=1S/C22H15BrF4N4S/c1-28-21-29-11-13-9-12(5-8-18(13)30-21)15-3-2-4-19(20(15)24)31-32-14-6-7-17(23)16(10-14)22(25,26)27/h2-11,31H,1H3,(H,28,29,30). The molecule has 32 heavy (non-hydrogen) atoms. The van der Waals surface area contributed by atoms with E-state index in [1.165, 1.54) is 18.2 Å². The molecule has 4 rings (SSSR count). The maximum atomic E-state index is 15.2. The molecular weight excluding hydrogens is 508 g/mol. The molecular formula is C22H15BrF4N4S. The molecule has 3 aromatic carbocycles. The lowest BCUT2D eigenvalue weighted by Gasteiger charge is -2.13. The first kappa shape index (κ1) is 22.3. The van der Waals surface area contributed by atoms with Crippen molar-refractivity contribution in [3.63, 3.8) is 0 Å². The van der Waals surface area contributed by atoms with E-state index in [-0.39, 0.29) is 10.2 Å². The predicted octanol–water partition coefficient (Wildman–Crippen LogP) is 7.38. The minimum absolute atomic E-state index is 0.0512. The Kier molecular flexibility index (Phi) is 6.25. The maximum Gasteiger partial charge on any atom is 0.417 e. The first-order chi connectivity index (χ1) is 15.3. The summed E-state index contributed by atoms with van der Waals surface area (Å²) in [6.45, 7) is 0. The van der Waals surface area contributed by atoms with Crippen LogP contribution in [0.5, 0.6) is 0 Å². The van der Waals surface area contributed by atoms with E-state index in [4.69, 9.17) is 0 Å². The van der Waals surface area contributed by atoms with E-state index >= 15 is 4.39 Å². The summed E-state index contributed by atoms with van der Waals surface area (Å²) in [6.07, 6.45) is -2.84. The molecule has 0 saturated carbocycles. The van der Waals surface area contributed by atoms with E-state index in [2.05, 4.69) is 35.9 Å². The number of fused-ring (bicyclic) bond motifs is 1. The maximum absolute atomic E-state index is 15.2. The first-order valence-corrected chi connectivity index (χ1v) is 10.9. The number of aromatic nitrogens is 2. The van der Waals surface area contributed by atoms with Crippen molar-refractivity contribution in [2.75, 3.05) is 17.1 Å². The fraction of sp³-hybridized carbons (Fsp3) is 0.0909. The summed E-state index contributed by atoms with van der Waals surface area (Å²) in [5, 5.41) is 3.62. The van der Waals surface area contributed by atoms with Crippen LogP contribution in [0.15, 0.2) is 70.2 Å². The van der Waals surface area contributed by atoms with Crippen molar-refractivity contribution in [1.29, 1.82) is 0 Å². The van der Waals surface area contributed by atoms with E-state index in [1.54, 1.807) is 43.6 Å². The number of hydrogen-bond donors (Lipinski definition) is 2. The van der Waals surface area contributed by atoms with Gasteiger partial charge in [0.25, 0.3) is 0 Å². The van der Waals surface area contributed by atoms with Crippen molar-refractivity contribution in [3.05, 3.63) is 76.6 Å². The van der Waals surface area contributed by atoms with Crippen molar-refractivity contribution >= 4 is 50.4 Å². The third kappa shape index (κ3) is 4.66. The normalized spacial score (nSPS) is 11.6. The number of nitrogens with one attached hydrogen (secondary N) is 2. The SMILES string of the molecule is CNc1ncc2cc(-c3cccc(NSc4ccc(Br)c(C(F)(F)F)c4)c3F)ccc2n1. The highest BCUT2D eigenvalue weighted by Crippen LogP contribution is 2.38. The average Bonchev–Trinajstić information content (AvgIpc) is 2.78. The fourth-order valence-corrected chi connectivity index (χ4v) is 4.22. The monoisotopic (exact) mass is 522 g/mol. The van der Waals surface area contributed by atoms with Crippen LogP contribution in [0, 0.1) is 5.82 Å². The van der Waals surface area contributed by atoms with Gasteiger partial charge in [0.15, 0.2) is 5.82 Å². The van der Waals surface area contributed by atoms with Crippen molar-refractivity contribution in [2.24, 2.45) is 0 Å². The van der Waals surface area contributed by atoms with Crippen LogP contribution in [0.3, 0.4) is 0 Å². The van der Waals surface area contributed by atoms with Gasteiger partial charge in [-0.15, -0.1) is 0 Å². The molecule has 1 heterocycles. The molecule has 0 aliphatic heterocycles. The molecule has 0 bridgehead atoms. The van der Waals surface area contributed by atoms with Gasteiger partial charge in [-0.2, -0.15) is 13.2 Å². The summed E-state index contributed by atoms with van der Waals surface area (Å²) >= 11 is 3.81. The van der Waals surface area contributed by atoms with Crippen molar-refractivity contribution in [2.45, 2.75) is 11.1 Å². The smallest absolute Gasteiger partial charge is 0.357 e. The lowest BCUT2D eigenvalue weighted by molar-refractivity contribution is -0.138. The molecule has 1 aromatic heterocycles.